The Morgan fingerprint density at radius 3 is 2.92 bits per heavy atom. The maximum atomic E-state index is 5.92. The van der Waals surface area contributed by atoms with Crippen LogP contribution in [0.1, 0.15) is 17.3 Å². The molecule has 0 amide bonds. The number of morpholine rings is 1. The van der Waals surface area contributed by atoms with E-state index in [1.807, 2.05) is 35.9 Å². The highest BCUT2D eigenvalue weighted by atomic mass is 16.5. The van der Waals surface area contributed by atoms with Gasteiger partial charge in [0.2, 0.25) is 5.89 Å². The standard InChI is InChI=1S/C18H22N4O2/c1-13-9-14(2)22(20-13)11-15-10-21(7-8-23-15)12-18-19-16-5-3-4-6-17(16)24-18/h3-6,9,15H,7-8,10-12H2,1-2H3/t15-/m1/s1. The molecule has 6 heteroatoms. The van der Waals surface area contributed by atoms with Crippen LogP contribution in [0.4, 0.5) is 0 Å². The minimum Gasteiger partial charge on any atom is -0.439 e. The number of aryl methyl sites for hydroxylation is 2. The summed E-state index contributed by atoms with van der Waals surface area (Å²) in [5, 5.41) is 4.53. The molecule has 126 valence electrons. The number of fused-ring (bicyclic) bond motifs is 1. The van der Waals surface area contributed by atoms with E-state index in [4.69, 9.17) is 9.15 Å². The Kier molecular flexibility index (Phi) is 4.08. The summed E-state index contributed by atoms with van der Waals surface area (Å²) < 4.78 is 13.8. The second-order valence-corrected chi connectivity index (χ2v) is 6.41. The fourth-order valence-corrected chi connectivity index (χ4v) is 3.27. The van der Waals surface area contributed by atoms with Gasteiger partial charge in [-0.3, -0.25) is 9.58 Å². The summed E-state index contributed by atoms with van der Waals surface area (Å²) in [7, 11) is 0. The van der Waals surface area contributed by atoms with Crippen LogP contribution in [0.15, 0.2) is 34.7 Å². The lowest BCUT2D eigenvalue weighted by Gasteiger charge is -2.32. The number of hydrogen-bond acceptors (Lipinski definition) is 5. The Morgan fingerprint density at radius 2 is 2.12 bits per heavy atom. The molecule has 3 aromatic rings. The lowest BCUT2D eigenvalue weighted by Crippen LogP contribution is -2.44. The van der Waals surface area contributed by atoms with Crippen LogP contribution in [-0.4, -0.2) is 45.5 Å². The Balaban J connectivity index is 1.42. The molecule has 0 unspecified atom stereocenters. The first kappa shape index (κ1) is 15.4. The van der Waals surface area contributed by atoms with Gasteiger partial charge in [0.1, 0.15) is 5.52 Å². The van der Waals surface area contributed by atoms with E-state index in [1.165, 1.54) is 5.69 Å². The largest absolute Gasteiger partial charge is 0.439 e. The molecule has 1 fully saturated rings. The van der Waals surface area contributed by atoms with Crippen LogP contribution in [0.5, 0.6) is 0 Å². The average molecular weight is 326 g/mol. The maximum Gasteiger partial charge on any atom is 0.209 e. The van der Waals surface area contributed by atoms with Crippen LogP contribution in [-0.2, 0) is 17.8 Å². The molecule has 1 aliphatic rings. The Bertz CT molecular complexity index is 806. The summed E-state index contributed by atoms with van der Waals surface area (Å²) in [4.78, 5) is 6.90. The van der Waals surface area contributed by atoms with Gasteiger partial charge in [-0.15, -0.1) is 0 Å². The molecule has 0 saturated carbocycles. The number of benzene rings is 1. The summed E-state index contributed by atoms with van der Waals surface area (Å²) in [6.45, 7) is 8.08. The molecule has 1 saturated heterocycles. The van der Waals surface area contributed by atoms with E-state index in [9.17, 15) is 0 Å². The van der Waals surface area contributed by atoms with Gasteiger partial charge in [0, 0.05) is 18.8 Å². The van der Waals surface area contributed by atoms with Crippen LogP contribution in [0.2, 0.25) is 0 Å². The number of ether oxygens (including phenoxy) is 1. The monoisotopic (exact) mass is 326 g/mol. The molecule has 4 rings (SSSR count). The second-order valence-electron chi connectivity index (χ2n) is 6.41. The van der Waals surface area contributed by atoms with E-state index in [0.717, 1.165) is 48.9 Å². The van der Waals surface area contributed by atoms with E-state index < -0.39 is 0 Å². The Hall–Kier alpha value is -2.18. The number of nitrogens with zero attached hydrogens (tertiary/aromatic N) is 4. The van der Waals surface area contributed by atoms with Gasteiger partial charge in [-0.25, -0.2) is 4.98 Å². The molecular formula is C18H22N4O2. The van der Waals surface area contributed by atoms with Gasteiger partial charge in [0.05, 0.1) is 31.5 Å². The molecule has 1 aliphatic heterocycles. The summed E-state index contributed by atoms with van der Waals surface area (Å²) in [6, 6.07) is 9.98. The van der Waals surface area contributed by atoms with Crippen molar-refractivity contribution in [3.8, 4) is 0 Å². The molecule has 0 radical (unpaired) electrons. The van der Waals surface area contributed by atoms with Gasteiger partial charge in [-0.2, -0.15) is 5.10 Å². The molecule has 6 nitrogen and oxygen atoms in total. The van der Waals surface area contributed by atoms with Crippen LogP contribution in [0.3, 0.4) is 0 Å². The number of para-hydroxylation sites is 2. The van der Waals surface area contributed by atoms with E-state index in [0.29, 0.717) is 6.54 Å². The fraction of sp³-hybridized carbons (Fsp3) is 0.444. The van der Waals surface area contributed by atoms with Gasteiger partial charge < -0.3 is 9.15 Å². The highest BCUT2D eigenvalue weighted by molar-refractivity contribution is 5.72. The van der Waals surface area contributed by atoms with Crippen LogP contribution in [0, 0.1) is 13.8 Å². The lowest BCUT2D eigenvalue weighted by atomic mass is 10.2. The minimum atomic E-state index is 0.140. The van der Waals surface area contributed by atoms with Crippen molar-refractivity contribution in [3.05, 3.63) is 47.6 Å². The van der Waals surface area contributed by atoms with Crippen molar-refractivity contribution in [2.45, 2.75) is 33.0 Å². The normalized spacial score (nSPS) is 19.2. The summed E-state index contributed by atoms with van der Waals surface area (Å²) in [5.41, 5.74) is 3.98. The van der Waals surface area contributed by atoms with Crippen molar-refractivity contribution in [1.29, 1.82) is 0 Å². The van der Waals surface area contributed by atoms with E-state index >= 15 is 0 Å². The molecule has 1 atom stereocenters. The third-order valence-corrected chi connectivity index (χ3v) is 4.40. The van der Waals surface area contributed by atoms with Gasteiger partial charge in [0.15, 0.2) is 5.58 Å². The SMILES string of the molecule is Cc1cc(C)n(C[C@H]2CN(Cc3nc4ccccc4o3)CCO2)n1. The lowest BCUT2D eigenvalue weighted by molar-refractivity contribution is -0.0424. The molecule has 0 N–H and O–H groups in total. The molecule has 0 spiro atoms. The van der Waals surface area contributed by atoms with Crippen molar-refractivity contribution < 1.29 is 9.15 Å². The first-order chi connectivity index (χ1) is 11.7. The number of rotatable bonds is 4. The zero-order chi connectivity index (χ0) is 16.5. The van der Waals surface area contributed by atoms with Crippen LogP contribution < -0.4 is 0 Å². The fourth-order valence-electron chi connectivity index (χ4n) is 3.27. The molecule has 0 bridgehead atoms. The zero-order valence-electron chi connectivity index (χ0n) is 14.1. The minimum absolute atomic E-state index is 0.140. The Morgan fingerprint density at radius 1 is 1.25 bits per heavy atom. The average Bonchev–Trinajstić information content (AvgIpc) is 3.10. The Labute approximate surface area is 141 Å². The molecule has 1 aromatic carbocycles. The number of oxazole rings is 1. The molecule has 3 heterocycles. The summed E-state index contributed by atoms with van der Waals surface area (Å²) in [6.07, 6.45) is 0.140. The van der Waals surface area contributed by atoms with E-state index in [1.54, 1.807) is 0 Å². The first-order valence-electron chi connectivity index (χ1n) is 8.37. The maximum absolute atomic E-state index is 5.92. The third-order valence-electron chi connectivity index (χ3n) is 4.40. The van der Waals surface area contributed by atoms with Crippen molar-refractivity contribution in [2.75, 3.05) is 19.7 Å². The van der Waals surface area contributed by atoms with Crippen molar-refractivity contribution in [3.63, 3.8) is 0 Å². The van der Waals surface area contributed by atoms with Gasteiger partial charge >= 0.3 is 0 Å². The number of aromatic nitrogens is 3. The predicted molar refractivity (Wildman–Crippen MR) is 90.7 cm³/mol. The van der Waals surface area contributed by atoms with Gasteiger partial charge in [-0.1, -0.05) is 12.1 Å². The quantitative estimate of drug-likeness (QED) is 0.737. The molecule has 0 aliphatic carbocycles. The van der Waals surface area contributed by atoms with E-state index in [-0.39, 0.29) is 6.10 Å². The van der Waals surface area contributed by atoms with Crippen molar-refractivity contribution in [1.82, 2.24) is 19.7 Å². The molecular weight excluding hydrogens is 304 g/mol. The van der Waals surface area contributed by atoms with Crippen molar-refractivity contribution >= 4 is 11.1 Å². The van der Waals surface area contributed by atoms with E-state index in [2.05, 4.69) is 28.0 Å². The van der Waals surface area contributed by atoms with Gasteiger partial charge in [0.25, 0.3) is 0 Å². The van der Waals surface area contributed by atoms with Crippen molar-refractivity contribution in [2.24, 2.45) is 0 Å². The zero-order valence-corrected chi connectivity index (χ0v) is 14.1. The topological polar surface area (TPSA) is 56.3 Å². The highest BCUT2D eigenvalue weighted by Gasteiger charge is 2.23. The summed E-state index contributed by atoms with van der Waals surface area (Å²) in [5.74, 6) is 0.767. The smallest absolute Gasteiger partial charge is 0.209 e. The van der Waals surface area contributed by atoms with Crippen LogP contribution >= 0.6 is 0 Å². The first-order valence-corrected chi connectivity index (χ1v) is 8.37. The van der Waals surface area contributed by atoms with Gasteiger partial charge in [-0.05, 0) is 32.0 Å². The molecule has 2 aromatic heterocycles. The summed E-state index contributed by atoms with van der Waals surface area (Å²) >= 11 is 0. The predicted octanol–water partition coefficient (Wildman–Crippen LogP) is 2.54. The second kappa shape index (κ2) is 6.37. The third kappa shape index (κ3) is 3.20. The number of hydrogen-bond donors (Lipinski definition) is 0. The van der Waals surface area contributed by atoms with Crippen LogP contribution in [0.25, 0.3) is 11.1 Å². The highest BCUT2D eigenvalue weighted by Crippen LogP contribution is 2.18. The molecule has 24 heavy (non-hydrogen) atoms.